The molecule has 1 amide bonds. The van der Waals surface area contributed by atoms with Gasteiger partial charge in [-0.3, -0.25) is 4.79 Å². The van der Waals surface area contributed by atoms with E-state index in [1.54, 1.807) is 13.2 Å². The first-order valence-electron chi connectivity index (χ1n) is 7.68. The molecule has 1 aliphatic rings. The van der Waals surface area contributed by atoms with Gasteiger partial charge in [-0.05, 0) is 58.5 Å². The SMILES string of the molecule is COc1ccc(Cl)cc1C(C)(C)NC(=O)[C@H]1CCCN(C)C1. The van der Waals surface area contributed by atoms with Gasteiger partial charge in [-0.2, -0.15) is 0 Å². The fourth-order valence-corrected chi connectivity index (χ4v) is 3.20. The molecule has 1 fully saturated rings. The number of rotatable bonds is 4. The van der Waals surface area contributed by atoms with Crippen LogP contribution in [0, 0.1) is 5.92 Å². The zero-order valence-corrected chi connectivity index (χ0v) is 14.5. The molecule has 1 N–H and O–H groups in total. The molecule has 0 aromatic heterocycles. The van der Waals surface area contributed by atoms with Gasteiger partial charge in [-0.15, -0.1) is 0 Å². The van der Waals surface area contributed by atoms with Gasteiger partial charge >= 0.3 is 0 Å². The second kappa shape index (κ2) is 6.88. The van der Waals surface area contributed by atoms with Crippen LogP contribution in [0.25, 0.3) is 0 Å². The first-order chi connectivity index (χ1) is 10.3. The predicted octanol–water partition coefficient (Wildman–Crippen LogP) is 3.04. The molecule has 1 saturated heterocycles. The molecule has 1 aromatic rings. The minimum atomic E-state index is -0.538. The fraction of sp³-hybridized carbons (Fsp3) is 0.588. The Balaban J connectivity index is 2.16. The third kappa shape index (κ3) is 3.93. The van der Waals surface area contributed by atoms with Gasteiger partial charge in [0.2, 0.25) is 5.91 Å². The number of nitrogens with one attached hydrogen (secondary N) is 1. The van der Waals surface area contributed by atoms with Gasteiger partial charge in [0.1, 0.15) is 5.75 Å². The van der Waals surface area contributed by atoms with Crippen LogP contribution in [0.4, 0.5) is 0 Å². The second-order valence-corrected chi connectivity index (χ2v) is 7.00. The number of likely N-dealkylation sites (tertiary alicyclic amines) is 1. The molecule has 122 valence electrons. The van der Waals surface area contributed by atoms with E-state index in [9.17, 15) is 4.79 Å². The highest BCUT2D eigenvalue weighted by Gasteiger charge is 2.31. The minimum Gasteiger partial charge on any atom is -0.496 e. The van der Waals surface area contributed by atoms with Crippen LogP contribution in [-0.4, -0.2) is 38.1 Å². The van der Waals surface area contributed by atoms with Gasteiger partial charge in [-0.25, -0.2) is 0 Å². The zero-order valence-electron chi connectivity index (χ0n) is 13.8. The first kappa shape index (κ1) is 17.1. The van der Waals surface area contributed by atoms with E-state index in [0.717, 1.165) is 37.2 Å². The van der Waals surface area contributed by atoms with Crippen molar-refractivity contribution in [3.05, 3.63) is 28.8 Å². The summed E-state index contributed by atoms with van der Waals surface area (Å²) in [5, 5.41) is 3.80. The highest BCUT2D eigenvalue weighted by atomic mass is 35.5. The van der Waals surface area contributed by atoms with Crippen molar-refractivity contribution in [1.82, 2.24) is 10.2 Å². The first-order valence-corrected chi connectivity index (χ1v) is 8.06. The number of benzene rings is 1. The Morgan fingerprint density at radius 3 is 2.82 bits per heavy atom. The van der Waals surface area contributed by atoms with Crippen LogP contribution >= 0.6 is 11.6 Å². The van der Waals surface area contributed by atoms with E-state index < -0.39 is 5.54 Å². The maximum atomic E-state index is 12.6. The lowest BCUT2D eigenvalue weighted by Gasteiger charge is -2.34. The quantitative estimate of drug-likeness (QED) is 0.925. The number of piperidine rings is 1. The molecule has 0 saturated carbocycles. The number of hydrogen-bond acceptors (Lipinski definition) is 3. The molecule has 4 nitrogen and oxygen atoms in total. The summed E-state index contributed by atoms with van der Waals surface area (Å²) in [7, 11) is 3.69. The summed E-state index contributed by atoms with van der Waals surface area (Å²) in [4.78, 5) is 14.8. The zero-order chi connectivity index (χ0) is 16.3. The molecule has 0 bridgehead atoms. The van der Waals surface area contributed by atoms with Crippen LogP contribution in [0.3, 0.4) is 0 Å². The maximum absolute atomic E-state index is 12.6. The van der Waals surface area contributed by atoms with Crippen molar-refractivity contribution in [2.75, 3.05) is 27.2 Å². The molecule has 0 spiro atoms. The van der Waals surface area contributed by atoms with Crippen molar-refractivity contribution in [2.45, 2.75) is 32.2 Å². The third-order valence-corrected chi connectivity index (χ3v) is 4.50. The average Bonchev–Trinajstić information content (AvgIpc) is 2.46. The Bertz CT molecular complexity index is 545. The standard InChI is InChI=1S/C17H25ClN2O2/c1-17(2,14-10-13(18)7-8-15(14)22-4)19-16(21)12-6-5-9-20(3)11-12/h7-8,10,12H,5-6,9,11H2,1-4H3,(H,19,21)/t12-/m0/s1. The summed E-state index contributed by atoms with van der Waals surface area (Å²) in [6, 6.07) is 5.48. The molecular weight excluding hydrogens is 300 g/mol. The predicted molar refractivity (Wildman–Crippen MR) is 89.4 cm³/mol. The van der Waals surface area contributed by atoms with E-state index in [1.165, 1.54) is 0 Å². The highest BCUT2D eigenvalue weighted by Crippen LogP contribution is 2.32. The molecule has 1 heterocycles. The lowest BCUT2D eigenvalue weighted by molar-refractivity contribution is -0.128. The van der Waals surface area contributed by atoms with E-state index in [0.29, 0.717) is 5.02 Å². The third-order valence-electron chi connectivity index (χ3n) is 4.27. The van der Waals surface area contributed by atoms with Crippen molar-refractivity contribution < 1.29 is 9.53 Å². The minimum absolute atomic E-state index is 0.0446. The molecule has 1 atom stereocenters. The van der Waals surface area contributed by atoms with E-state index in [2.05, 4.69) is 17.3 Å². The monoisotopic (exact) mass is 324 g/mol. The molecular formula is C17H25ClN2O2. The number of ether oxygens (including phenoxy) is 1. The Morgan fingerprint density at radius 2 is 2.18 bits per heavy atom. The van der Waals surface area contributed by atoms with Crippen molar-refractivity contribution in [3.8, 4) is 5.75 Å². The van der Waals surface area contributed by atoms with Crippen LogP contribution in [0.5, 0.6) is 5.75 Å². The average molecular weight is 325 g/mol. The summed E-state index contributed by atoms with van der Waals surface area (Å²) in [5.41, 5.74) is 0.351. The van der Waals surface area contributed by atoms with Crippen LogP contribution in [0.1, 0.15) is 32.3 Å². The van der Waals surface area contributed by atoms with Gasteiger partial charge in [0.15, 0.2) is 0 Å². The van der Waals surface area contributed by atoms with Crippen LogP contribution in [0.15, 0.2) is 18.2 Å². The van der Waals surface area contributed by atoms with Gasteiger partial charge < -0.3 is 15.0 Å². The molecule has 2 rings (SSSR count). The van der Waals surface area contributed by atoms with Crippen molar-refractivity contribution in [1.29, 1.82) is 0 Å². The van der Waals surface area contributed by atoms with E-state index in [4.69, 9.17) is 16.3 Å². The van der Waals surface area contributed by atoms with Crippen LogP contribution < -0.4 is 10.1 Å². The normalized spacial score (nSPS) is 19.8. The highest BCUT2D eigenvalue weighted by molar-refractivity contribution is 6.30. The van der Waals surface area contributed by atoms with Crippen LogP contribution in [-0.2, 0) is 10.3 Å². The lowest BCUT2D eigenvalue weighted by atomic mass is 9.90. The van der Waals surface area contributed by atoms with E-state index >= 15 is 0 Å². The van der Waals surface area contributed by atoms with Crippen LogP contribution in [0.2, 0.25) is 5.02 Å². The molecule has 0 unspecified atom stereocenters. The fourth-order valence-electron chi connectivity index (χ4n) is 3.03. The number of methoxy groups -OCH3 is 1. The number of amides is 1. The maximum Gasteiger partial charge on any atom is 0.225 e. The van der Waals surface area contributed by atoms with Gasteiger partial charge in [0, 0.05) is 17.1 Å². The Hall–Kier alpha value is -1.26. The van der Waals surface area contributed by atoms with Gasteiger partial charge in [0.05, 0.1) is 18.6 Å². The number of carbonyl (C=O) groups excluding carboxylic acids is 1. The van der Waals surface area contributed by atoms with Crippen molar-refractivity contribution in [3.63, 3.8) is 0 Å². The number of halogens is 1. The summed E-state index contributed by atoms with van der Waals surface area (Å²) >= 11 is 6.11. The molecule has 22 heavy (non-hydrogen) atoms. The molecule has 5 heteroatoms. The number of hydrogen-bond donors (Lipinski definition) is 1. The Kier molecular flexibility index (Phi) is 5.35. The smallest absolute Gasteiger partial charge is 0.225 e. The van der Waals surface area contributed by atoms with E-state index in [-0.39, 0.29) is 11.8 Å². The number of carbonyl (C=O) groups is 1. The topological polar surface area (TPSA) is 41.6 Å². The van der Waals surface area contributed by atoms with E-state index in [1.807, 2.05) is 26.0 Å². The van der Waals surface area contributed by atoms with Crippen molar-refractivity contribution >= 4 is 17.5 Å². The molecule has 1 aliphatic heterocycles. The number of nitrogens with zero attached hydrogens (tertiary/aromatic N) is 1. The Labute approximate surface area is 137 Å². The summed E-state index contributed by atoms with van der Waals surface area (Å²) in [5.74, 6) is 0.872. The Morgan fingerprint density at radius 1 is 1.45 bits per heavy atom. The lowest BCUT2D eigenvalue weighted by Crippen LogP contribution is -2.48. The largest absolute Gasteiger partial charge is 0.496 e. The van der Waals surface area contributed by atoms with Gasteiger partial charge in [0.25, 0.3) is 0 Å². The second-order valence-electron chi connectivity index (χ2n) is 6.56. The summed E-state index contributed by atoms with van der Waals surface area (Å²) in [6.07, 6.45) is 2.01. The van der Waals surface area contributed by atoms with Gasteiger partial charge in [-0.1, -0.05) is 11.6 Å². The molecule has 0 aliphatic carbocycles. The molecule has 1 aromatic carbocycles. The molecule has 0 radical (unpaired) electrons. The summed E-state index contributed by atoms with van der Waals surface area (Å²) < 4.78 is 5.41. The van der Waals surface area contributed by atoms with Crippen molar-refractivity contribution in [2.24, 2.45) is 5.92 Å². The summed E-state index contributed by atoms with van der Waals surface area (Å²) in [6.45, 7) is 5.83.